The number of hydrogen-bond acceptors (Lipinski definition) is 2. The molecule has 0 heterocycles. The van der Waals surface area contributed by atoms with Crippen LogP contribution in [-0.4, -0.2) is 25.8 Å². The van der Waals surface area contributed by atoms with Crippen molar-refractivity contribution in [3.05, 3.63) is 29.8 Å². The lowest BCUT2D eigenvalue weighted by Crippen LogP contribution is -2.36. The van der Waals surface area contributed by atoms with Gasteiger partial charge in [0.25, 0.3) is 0 Å². The summed E-state index contributed by atoms with van der Waals surface area (Å²) in [6.45, 7) is 1.97. The Balaban J connectivity index is 2.23. The summed E-state index contributed by atoms with van der Waals surface area (Å²) in [7, 11) is -1.72. The van der Waals surface area contributed by atoms with Gasteiger partial charge in [-0.15, -0.1) is 11.6 Å². The molecule has 1 aromatic carbocycles. The van der Waals surface area contributed by atoms with Crippen LogP contribution < -0.4 is 0 Å². The Morgan fingerprint density at radius 2 is 1.89 bits per heavy atom. The molecule has 3 nitrogen and oxygen atoms in total. The Labute approximate surface area is 114 Å². The molecule has 5 heteroatoms. The molecule has 1 fully saturated rings. The zero-order valence-electron chi connectivity index (χ0n) is 10.6. The summed E-state index contributed by atoms with van der Waals surface area (Å²) in [6, 6.07) is 6.85. The number of benzene rings is 1. The third-order valence-electron chi connectivity index (χ3n) is 3.63. The Bertz CT molecular complexity index is 508. The second kappa shape index (κ2) is 5.19. The number of hydrogen-bond donors (Lipinski definition) is 0. The number of halogens is 1. The minimum absolute atomic E-state index is 0.0719. The number of sulfonamides is 1. The van der Waals surface area contributed by atoms with Crippen LogP contribution in [0.15, 0.2) is 29.2 Å². The predicted octanol–water partition coefficient (Wildman–Crippen LogP) is 2.84. The third-order valence-corrected chi connectivity index (χ3v) is 5.90. The van der Waals surface area contributed by atoms with Gasteiger partial charge in [-0.2, -0.15) is 4.31 Å². The van der Waals surface area contributed by atoms with Gasteiger partial charge in [-0.25, -0.2) is 8.42 Å². The van der Waals surface area contributed by atoms with E-state index < -0.39 is 10.0 Å². The molecule has 0 aliphatic heterocycles. The summed E-state index contributed by atoms with van der Waals surface area (Å²) in [5.41, 5.74) is 0.925. The second-order valence-electron chi connectivity index (χ2n) is 4.88. The maximum Gasteiger partial charge on any atom is 0.243 e. The molecule has 0 spiro atoms. The van der Waals surface area contributed by atoms with Crippen molar-refractivity contribution in [1.29, 1.82) is 0 Å². The smallest absolute Gasteiger partial charge is 0.207 e. The van der Waals surface area contributed by atoms with E-state index >= 15 is 0 Å². The number of alkyl halides is 1. The highest BCUT2D eigenvalue weighted by atomic mass is 35.5. The highest BCUT2D eigenvalue weighted by Gasteiger charge is 2.35. The van der Waals surface area contributed by atoms with Crippen LogP contribution in [0.25, 0.3) is 0 Å². The summed E-state index contributed by atoms with van der Waals surface area (Å²) < 4.78 is 26.3. The molecule has 1 unspecified atom stereocenters. The summed E-state index contributed by atoms with van der Waals surface area (Å²) in [5.74, 6) is 0.918. The van der Waals surface area contributed by atoms with Crippen molar-refractivity contribution >= 4 is 21.6 Å². The van der Waals surface area contributed by atoms with E-state index in [0.29, 0.717) is 16.7 Å². The first kappa shape index (κ1) is 13.8. The van der Waals surface area contributed by atoms with Crippen molar-refractivity contribution in [1.82, 2.24) is 4.31 Å². The van der Waals surface area contributed by atoms with Crippen molar-refractivity contribution < 1.29 is 8.42 Å². The standard InChI is InChI=1S/C13H18ClNO2S/c1-10(12-5-6-12)15(2)18(16,17)13-7-3-11(9-14)4-8-13/h3-4,7-8,10,12H,5-6,9H2,1-2H3. The summed E-state index contributed by atoms with van der Waals surface area (Å²) in [6.07, 6.45) is 2.26. The van der Waals surface area contributed by atoms with Crippen molar-refractivity contribution in [2.75, 3.05) is 7.05 Å². The molecule has 1 saturated carbocycles. The number of rotatable bonds is 5. The van der Waals surface area contributed by atoms with Crippen molar-refractivity contribution in [3.63, 3.8) is 0 Å². The first-order valence-corrected chi connectivity index (χ1v) is 8.07. The molecule has 1 atom stereocenters. The molecule has 2 rings (SSSR count). The van der Waals surface area contributed by atoms with Gasteiger partial charge in [-0.3, -0.25) is 0 Å². The fraction of sp³-hybridized carbons (Fsp3) is 0.538. The largest absolute Gasteiger partial charge is 0.243 e. The molecule has 0 saturated heterocycles. The van der Waals surface area contributed by atoms with E-state index in [1.54, 1.807) is 31.3 Å². The lowest BCUT2D eigenvalue weighted by atomic mass is 10.2. The molecule has 100 valence electrons. The Kier molecular flexibility index (Phi) is 3.99. The molecule has 18 heavy (non-hydrogen) atoms. The average molecular weight is 288 g/mol. The fourth-order valence-corrected chi connectivity index (χ4v) is 3.61. The molecule has 0 radical (unpaired) electrons. The Morgan fingerprint density at radius 1 is 1.33 bits per heavy atom. The fourth-order valence-electron chi connectivity index (χ4n) is 2.01. The maximum atomic E-state index is 12.4. The van der Waals surface area contributed by atoms with Gasteiger partial charge in [0.2, 0.25) is 10.0 Å². The van der Waals surface area contributed by atoms with Gasteiger partial charge in [0.1, 0.15) is 0 Å². The van der Waals surface area contributed by atoms with Crippen molar-refractivity contribution in [2.24, 2.45) is 5.92 Å². The first-order chi connectivity index (χ1) is 8.46. The molecule has 0 amide bonds. The quantitative estimate of drug-likeness (QED) is 0.781. The molecule has 0 N–H and O–H groups in total. The monoisotopic (exact) mass is 287 g/mol. The van der Waals surface area contributed by atoms with Crippen LogP contribution in [-0.2, 0) is 15.9 Å². The minimum Gasteiger partial charge on any atom is -0.207 e. The highest BCUT2D eigenvalue weighted by molar-refractivity contribution is 7.89. The minimum atomic E-state index is -3.38. The van der Waals surface area contributed by atoms with Gasteiger partial charge in [-0.1, -0.05) is 12.1 Å². The highest BCUT2D eigenvalue weighted by Crippen LogP contribution is 2.36. The van der Waals surface area contributed by atoms with Gasteiger partial charge in [0, 0.05) is 19.0 Å². The number of nitrogens with zero attached hydrogens (tertiary/aromatic N) is 1. The lowest BCUT2D eigenvalue weighted by Gasteiger charge is -2.24. The van der Waals surface area contributed by atoms with E-state index in [4.69, 9.17) is 11.6 Å². The van der Waals surface area contributed by atoms with Gasteiger partial charge in [-0.05, 0) is 43.4 Å². The molecule has 1 aliphatic carbocycles. The van der Waals surface area contributed by atoms with E-state index in [9.17, 15) is 8.42 Å². The van der Waals surface area contributed by atoms with Crippen LogP contribution in [0.4, 0.5) is 0 Å². The van der Waals surface area contributed by atoms with Crippen molar-refractivity contribution in [3.8, 4) is 0 Å². The van der Waals surface area contributed by atoms with Crippen molar-refractivity contribution in [2.45, 2.75) is 36.6 Å². The predicted molar refractivity (Wildman–Crippen MR) is 73.1 cm³/mol. The molecule has 1 aromatic rings. The second-order valence-corrected chi connectivity index (χ2v) is 7.14. The van der Waals surface area contributed by atoms with E-state index in [-0.39, 0.29) is 6.04 Å². The molecule has 0 bridgehead atoms. The maximum absolute atomic E-state index is 12.4. The van der Waals surface area contributed by atoms with E-state index in [0.717, 1.165) is 18.4 Å². The zero-order valence-corrected chi connectivity index (χ0v) is 12.2. The first-order valence-electron chi connectivity index (χ1n) is 6.09. The average Bonchev–Trinajstić information content (AvgIpc) is 3.21. The summed E-state index contributed by atoms with van der Waals surface area (Å²) in [5, 5.41) is 0. The molecule has 0 aromatic heterocycles. The van der Waals surface area contributed by atoms with Gasteiger partial charge in [0.05, 0.1) is 4.90 Å². The molecule has 1 aliphatic rings. The summed E-state index contributed by atoms with van der Waals surface area (Å²) >= 11 is 5.70. The normalized spacial score (nSPS) is 18.0. The molecular weight excluding hydrogens is 270 g/mol. The Hall–Kier alpha value is -0.580. The van der Waals surface area contributed by atoms with Crippen LogP contribution in [0.5, 0.6) is 0 Å². The SMILES string of the molecule is CC(C1CC1)N(C)S(=O)(=O)c1ccc(CCl)cc1. The third kappa shape index (κ3) is 2.71. The van der Waals surface area contributed by atoms with E-state index in [1.165, 1.54) is 4.31 Å². The summed E-state index contributed by atoms with van der Waals surface area (Å²) in [4.78, 5) is 0.339. The Morgan fingerprint density at radius 3 is 2.33 bits per heavy atom. The van der Waals surface area contributed by atoms with Crippen LogP contribution in [0.3, 0.4) is 0 Å². The van der Waals surface area contributed by atoms with Crippen LogP contribution in [0, 0.1) is 5.92 Å². The lowest BCUT2D eigenvalue weighted by molar-refractivity contribution is 0.357. The topological polar surface area (TPSA) is 37.4 Å². The van der Waals surface area contributed by atoms with Crippen LogP contribution in [0.2, 0.25) is 0 Å². The van der Waals surface area contributed by atoms with Crippen LogP contribution in [0.1, 0.15) is 25.3 Å². The van der Waals surface area contributed by atoms with E-state index in [2.05, 4.69) is 0 Å². The molecular formula is C13H18ClNO2S. The van der Waals surface area contributed by atoms with Gasteiger partial charge >= 0.3 is 0 Å². The van der Waals surface area contributed by atoms with Gasteiger partial charge in [0.15, 0.2) is 0 Å². The zero-order chi connectivity index (χ0) is 13.3. The van der Waals surface area contributed by atoms with E-state index in [1.807, 2.05) is 6.92 Å². The van der Waals surface area contributed by atoms with Gasteiger partial charge < -0.3 is 0 Å². The van der Waals surface area contributed by atoms with Crippen LogP contribution >= 0.6 is 11.6 Å².